The Kier molecular flexibility index (Phi) is 2.75. The molecular weight excluding hydrogens is 202 g/mol. The van der Waals surface area contributed by atoms with Gasteiger partial charge in [-0.2, -0.15) is 0 Å². The Bertz CT molecular complexity index is 430. The SMILES string of the molecule is CC(=O)Nc1cc(N)nc(C(=O)O)c1O. The minimum absolute atomic E-state index is 0.0765. The molecule has 0 saturated heterocycles. The smallest absolute Gasteiger partial charge is 0.358 e. The maximum absolute atomic E-state index is 10.7. The zero-order valence-electron chi connectivity index (χ0n) is 7.81. The van der Waals surface area contributed by atoms with Crippen molar-refractivity contribution in [3.63, 3.8) is 0 Å². The number of aromatic carboxylic acids is 1. The van der Waals surface area contributed by atoms with E-state index < -0.39 is 23.3 Å². The predicted molar refractivity (Wildman–Crippen MR) is 51.6 cm³/mol. The van der Waals surface area contributed by atoms with Gasteiger partial charge in [0.15, 0.2) is 11.4 Å². The highest BCUT2D eigenvalue weighted by Crippen LogP contribution is 2.28. The van der Waals surface area contributed by atoms with Gasteiger partial charge in [0.25, 0.3) is 0 Å². The summed E-state index contributed by atoms with van der Waals surface area (Å²) in [7, 11) is 0. The van der Waals surface area contributed by atoms with Crippen LogP contribution in [0.2, 0.25) is 0 Å². The van der Waals surface area contributed by atoms with Crippen molar-refractivity contribution in [3.8, 4) is 5.75 Å². The number of amides is 1. The van der Waals surface area contributed by atoms with Gasteiger partial charge < -0.3 is 21.3 Å². The molecule has 0 radical (unpaired) electrons. The monoisotopic (exact) mass is 211 g/mol. The second-order valence-corrected chi connectivity index (χ2v) is 2.78. The maximum atomic E-state index is 10.7. The Morgan fingerprint density at radius 3 is 2.60 bits per heavy atom. The van der Waals surface area contributed by atoms with Crippen LogP contribution in [0.15, 0.2) is 6.07 Å². The molecule has 0 saturated carbocycles. The molecule has 0 aromatic carbocycles. The fourth-order valence-corrected chi connectivity index (χ4v) is 0.992. The molecule has 0 spiro atoms. The lowest BCUT2D eigenvalue weighted by Crippen LogP contribution is -2.10. The van der Waals surface area contributed by atoms with Crippen LogP contribution in [0.1, 0.15) is 17.4 Å². The van der Waals surface area contributed by atoms with Gasteiger partial charge in [0.05, 0.1) is 5.69 Å². The Labute approximate surface area is 84.5 Å². The topological polar surface area (TPSA) is 126 Å². The first-order chi connectivity index (χ1) is 6.91. The summed E-state index contributed by atoms with van der Waals surface area (Å²) < 4.78 is 0. The van der Waals surface area contributed by atoms with Gasteiger partial charge in [0.2, 0.25) is 5.91 Å². The maximum Gasteiger partial charge on any atom is 0.358 e. The molecule has 0 atom stereocenters. The Balaban J connectivity index is 3.28. The molecule has 0 aliphatic rings. The molecule has 1 heterocycles. The van der Waals surface area contributed by atoms with E-state index in [9.17, 15) is 14.7 Å². The van der Waals surface area contributed by atoms with Gasteiger partial charge in [-0.05, 0) is 0 Å². The van der Waals surface area contributed by atoms with E-state index in [0.29, 0.717) is 0 Å². The average Bonchev–Trinajstić information content (AvgIpc) is 2.09. The van der Waals surface area contributed by atoms with Crippen molar-refractivity contribution >= 4 is 23.4 Å². The number of nitrogens with zero attached hydrogens (tertiary/aromatic N) is 1. The number of nitrogens with one attached hydrogen (secondary N) is 1. The molecule has 1 amide bonds. The third kappa shape index (κ3) is 2.33. The summed E-state index contributed by atoms with van der Waals surface area (Å²) in [6, 6.07) is 1.17. The van der Waals surface area contributed by atoms with Crippen LogP contribution in [0.3, 0.4) is 0 Å². The highest BCUT2D eigenvalue weighted by Gasteiger charge is 2.17. The zero-order valence-corrected chi connectivity index (χ0v) is 7.81. The van der Waals surface area contributed by atoms with E-state index in [1.165, 1.54) is 13.0 Å². The van der Waals surface area contributed by atoms with Gasteiger partial charge in [-0.1, -0.05) is 0 Å². The van der Waals surface area contributed by atoms with E-state index >= 15 is 0 Å². The molecule has 7 nitrogen and oxygen atoms in total. The lowest BCUT2D eigenvalue weighted by molar-refractivity contribution is -0.114. The van der Waals surface area contributed by atoms with Gasteiger partial charge in [-0.15, -0.1) is 0 Å². The Morgan fingerprint density at radius 2 is 2.13 bits per heavy atom. The lowest BCUT2D eigenvalue weighted by atomic mass is 10.2. The summed E-state index contributed by atoms with van der Waals surface area (Å²) in [5.74, 6) is -2.60. The highest BCUT2D eigenvalue weighted by molar-refractivity contribution is 5.96. The van der Waals surface area contributed by atoms with E-state index in [0.717, 1.165) is 0 Å². The molecule has 7 heteroatoms. The molecule has 15 heavy (non-hydrogen) atoms. The van der Waals surface area contributed by atoms with Crippen LogP contribution in [0.4, 0.5) is 11.5 Å². The molecule has 0 fully saturated rings. The summed E-state index contributed by atoms with van der Waals surface area (Å²) in [6.07, 6.45) is 0. The van der Waals surface area contributed by atoms with Crippen LogP contribution < -0.4 is 11.1 Å². The van der Waals surface area contributed by atoms with Crippen LogP contribution in [0.5, 0.6) is 5.75 Å². The molecule has 1 aromatic rings. The van der Waals surface area contributed by atoms with E-state index in [1.54, 1.807) is 0 Å². The van der Waals surface area contributed by atoms with Crippen LogP contribution in [-0.4, -0.2) is 27.1 Å². The number of anilines is 2. The van der Waals surface area contributed by atoms with Gasteiger partial charge in [-0.25, -0.2) is 9.78 Å². The van der Waals surface area contributed by atoms with Crippen LogP contribution in [-0.2, 0) is 4.79 Å². The molecule has 1 aromatic heterocycles. The molecule has 0 bridgehead atoms. The molecule has 80 valence electrons. The summed E-state index contributed by atoms with van der Waals surface area (Å²) in [5.41, 5.74) is 4.63. The molecule has 0 unspecified atom stereocenters. The highest BCUT2D eigenvalue weighted by atomic mass is 16.4. The molecule has 0 aliphatic carbocycles. The van der Waals surface area contributed by atoms with Gasteiger partial charge >= 0.3 is 5.97 Å². The second-order valence-electron chi connectivity index (χ2n) is 2.78. The summed E-state index contributed by atoms with van der Waals surface area (Å²) in [6.45, 7) is 1.22. The Morgan fingerprint density at radius 1 is 1.53 bits per heavy atom. The fourth-order valence-electron chi connectivity index (χ4n) is 0.992. The molecular formula is C8H9N3O4. The van der Waals surface area contributed by atoms with E-state index in [2.05, 4.69) is 10.3 Å². The number of hydrogen-bond acceptors (Lipinski definition) is 5. The molecule has 0 aliphatic heterocycles. The minimum atomic E-state index is -1.42. The van der Waals surface area contributed by atoms with E-state index in [-0.39, 0.29) is 11.5 Å². The Hall–Kier alpha value is -2.31. The van der Waals surface area contributed by atoms with Crippen molar-refractivity contribution < 1.29 is 19.8 Å². The van der Waals surface area contributed by atoms with Gasteiger partial charge in [0.1, 0.15) is 5.82 Å². The first kappa shape index (κ1) is 10.8. The third-order valence-electron chi connectivity index (χ3n) is 1.53. The van der Waals surface area contributed by atoms with Crippen LogP contribution >= 0.6 is 0 Å². The van der Waals surface area contributed by atoms with E-state index in [1.807, 2.05) is 0 Å². The first-order valence-electron chi connectivity index (χ1n) is 3.92. The van der Waals surface area contributed by atoms with Crippen molar-refractivity contribution in [1.82, 2.24) is 4.98 Å². The number of aromatic nitrogens is 1. The number of carboxylic acid groups (broad SMARTS) is 1. The van der Waals surface area contributed by atoms with Crippen LogP contribution in [0.25, 0.3) is 0 Å². The van der Waals surface area contributed by atoms with Gasteiger partial charge in [-0.3, -0.25) is 4.79 Å². The predicted octanol–water partition coefficient (Wildman–Crippen LogP) is 0.0260. The number of carbonyl (C=O) groups is 2. The summed E-state index contributed by atoms with van der Waals surface area (Å²) in [5, 5.41) is 20.3. The number of hydrogen-bond donors (Lipinski definition) is 4. The summed E-state index contributed by atoms with van der Waals surface area (Å²) in [4.78, 5) is 24.8. The van der Waals surface area contributed by atoms with Crippen molar-refractivity contribution in [2.24, 2.45) is 0 Å². The number of nitrogens with two attached hydrogens (primary N) is 1. The van der Waals surface area contributed by atoms with E-state index in [4.69, 9.17) is 10.8 Å². The number of pyridine rings is 1. The molecule has 1 rings (SSSR count). The first-order valence-corrected chi connectivity index (χ1v) is 3.92. The fraction of sp³-hybridized carbons (Fsp3) is 0.125. The lowest BCUT2D eigenvalue weighted by Gasteiger charge is -2.07. The average molecular weight is 211 g/mol. The van der Waals surface area contributed by atoms with Crippen molar-refractivity contribution in [1.29, 1.82) is 0 Å². The number of nitrogen functional groups attached to an aromatic ring is 1. The second kappa shape index (κ2) is 3.82. The minimum Gasteiger partial charge on any atom is -0.504 e. The molecule has 5 N–H and O–H groups in total. The van der Waals surface area contributed by atoms with Crippen LogP contribution in [0, 0.1) is 0 Å². The quantitative estimate of drug-likeness (QED) is 0.546. The third-order valence-corrected chi connectivity index (χ3v) is 1.53. The van der Waals surface area contributed by atoms with Crippen molar-refractivity contribution in [3.05, 3.63) is 11.8 Å². The van der Waals surface area contributed by atoms with Crippen molar-refractivity contribution in [2.75, 3.05) is 11.1 Å². The normalized spacial score (nSPS) is 9.67. The number of carbonyl (C=O) groups excluding carboxylic acids is 1. The zero-order chi connectivity index (χ0) is 11.6. The number of carboxylic acids is 1. The van der Waals surface area contributed by atoms with Gasteiger partial charge in [0, 0.05) is 13.0 Å². The van der Waals surface area contributed by atoms with Crippen molar-refractivity contribution in [2.45, 2.75) is 6.92 Å². The standard InChI is InChI=1S/C8H9N3O4/c1-3(12)10-4-2-5(9)11-6(7(4)13)8(14)15/h2,13H,1H3,(H,14,15)(H3,9,10,11,12). The number of aromatic hydroxyl groups is 1. The number of rotatable bonds is 2. The summed E-state index contributed by atoms with van der Waals surface area (Å²) >= 11 is 0. The largest absolute Gasteiger partial charge is 0.504 e.